The van der Waals surface area contributed by atoms with Crippen LogP contribution >= 0.6 is 0 Å². The summed E-state index contributed by atoms with van der Waals surface area (Å²) >= 11 is 0. The molecule has 1 heterocycles. The van der Waals surface area contributed by atoms with Crippen LogP contribution in [0, 0.1) is 0 Å². The highest BCUT2D eigenvalue weighted by Gasteiger charge is 2.23. The molecule has 0 amide bonds. The van der Waals surface area contributed by atoms with Crippen LogP contribution in [0.15, 0.2) is 6.33 Å². The van der Waals surface area contributed by atoms with Gasteiger partial charge in [0.2, 0.25) is 0 Å². The molecule has 0 fully saturated rings. The summed E-state index contributed by atoms with van der Waals surface area (Å²) in [4.78, 5) is 8.73. The van der Waals surface area contributed by atoms with Gasteiger partial charge in [0.1, 0.15) is 18.0 Å². The summed E-state index contributed by atoms with van der Waals surface area (Å²) in [5.41, 5.74) is 0.399. The van der Waals surface area contributed by atoms with Crippen LogP contribution in [0.25, 0.3) is 0 Å². The lowest BCUT2D eigenvalue weighted by molar-refractivity contribution is 0.0456. The highest BCUT2D eigenvalue weighted by Crippen LogP contribution is 2.29. The minimum Gasteiger partial charge on any atom is -0.388 e. The monoisotopic (exact) mass is 294 g/mol. The highest BCUT2D eigenvalue weighted by atomic mass is 16.3. The lowest BCUT2D eigenvalue weighted by Crippen LogP contribution is -2.36. The van der Waals surface area contributed by atoms with Crippen molar-refractivity contribution < 1.29 is 5.11 Å². The molecule has 0 bridgehead atoms. The first-order chi connectivity index (χ1) is 9.97. The first kappa shape index (κ1) is 17.7. The van der Waals surface area contributed by atoms with E-state index in [9.17, 15) is 5.11 Å². The van der Waals surface area contributed by atoms with Crippen LogP contribution in [0.2, 0.25) is 0 Å². The van der Waals surface area contributed by atoms with Crippen LogP contribution < -0.4 is 10.6 Å². The minimum absolute atomic E-state index is 0.310. The van der Waals surface area contributed by atoms with E-state index in [1.54, 1.807) is 6.33 Å². The third-order valence-electron chi connectivity index (χ3n) is 3.90. The zero-order valence-electron chi connectivity index (χ0n) is 14.0. The number of nitrogens with zero attached hydrogens (tertiary/aromatic N) is 2. The van der Waals surface area contributed by atoms with E-state index in [0.29, 0.717) is 12.5 Å². The Morgan fingerprint density at radius 2 is 1.67 bits per heavy atom. The molecule has 0 saturated heterocycles. The fraction of sp³-hybridized carbons (Fsp3) is 0.750. The predicted octanol–water partition coefficient (Wildman–Crippen LogP) is 3.38. The molecule has 0 aliphatic carbocycles. The maximum absolute atomic E-state index is 10.4. The lowest BCUT2D eigenvalue weighted by atomic mass is 9.97. The molecule has 21 heavy (non-hydrogen) atoms. The first-order valence-corrected chi connectivity index (χ1v) is 8.02. The van der Waals surface area contributed by atoms with Crippen LogP contribution in [-0.4, -0.2) is 33.8 Å². The second-order valence-corrected chi connectivity index (χ2v) is 5.85. The van der Waals surface area contributed by atoms with E-state index in [2.05, 4.69) is 41.4 Å². The molecule has 0 saturated carbocycles. The Morgan fingerprint density at radius 1 is 1.10 bits per heavy atom. The topological polar surface area (TPSA) is 70.1 Å². The molecule has 0 spiro atoms. The summed E-state index contributed by atoms with van der Waals surface area (Å²) in [6.07, 6.45) is 4.07. The van der Waals surface area contributed by atoms with Crippen molar-refractivity contribution in [3.05, 3.63) is 11.9 Å². The fourth-order valence-electron chi connectivity index (χ4n) is 2.22. The SMILES string of the molecule is CCCNc1ncnc(NCC(O)(CC)CC)c1C(C)C. The van der Waals surface area contributed by atoms with Crippen molar-refractivity contribution in [2.24, 2.45) is 0 Å². The van der Waals surface area contributed by atoms with E-state index in [0.717, 1.165) is 43.0 Å². The van der Waals surface area contributed by atoms with Gasteiger partial charge in [-0.1, -0.05) is 34.6 Å². The van der Waals surface area contributed by atoms with Crippen molar-refractivity contribution in [2.45, 2.75) is 65.4 Å². The standard InChI is InChI=1S/C16H30N4O/c1-6-9-17-14-13(12(4)5)15(20-11-19-14)18-10-16(21,7-2)8-3/h11-12,21H,6-10H2,1-5H3,(H2,17,18,19,20). The summed E-state index contributed by atoms with van der Waals surface area (Å²) in [5.74, 6) is 2.02. The smallest absolute Gasteiger partial charge is 0.135 e. The summed E-state index contributed by atoms with van der Waals surface area (Å²) < 4.78 is 0. The molecule has 5 nitrogen and oxygen atoms in total. The molecule has 0 atom stereocenters. The van der Waals surface area contributed by atoms with Crippen LogP contribution in [0.4, 0.5) is 11.6 Å². The average Bonchev–Trinajstić information content (AvgIpc) is 2.50. The number of nitrogens with one attached hydrogen (secondary N) is 2. The molecule has 1 rings (SSSR count). The number of rotatable bonds is 9. The van der Waals surface area contributed by atoms with Gasteiger partial charge in [-0.05, 0) is 25.2 Å². The van der Waals surface area contributed by atoms with E-state index in [1.807, 2.05) is 13.8 Å². The lowest BCUT2D eigenvalue weighted by Gasteiger charge is -2.27. The van der Waals surface area contributed by atoms with Gasteiger partial charge in [-0.15, -0.1) is 0 Å². The second kappa shape index (κ2) is 8.17. The Labute approximate surface area is 128 Å². The summed E-state index contributed by atoms with van der Waals surface area (Å²) in [5, 5.41) is 17.1. The van der Waals surface area contributed by atoms with E-state index in [1.165, 1.54) is 0 Å². The van der Waals surface area contributed by atoms with Crippen molar-refractivity contribution in [1.29, 1.82) is 0 Å². The van der Waals surface area contributed by atoms with Crippen molar-refractivity contribution >= 4 is 11.6 Å². The van der Waals surface area contributed by atoms with E-state index >= 15 is 0 Å². The number of hydrogen-bond donors (Lipinski definition) is 3. The number of aliphatic hydroxyl groups is 1. The first-order valence-electron chi connectivity index (χ1n) is 8.02. The molecule has 5 heteroatoms. The normalized spacial score (nSPS) is 11.8. The Bertz CT molecular complexity index is 430. The quantitative estimate of drug-likeness (QED) is 0.651. The van der Waals surface area contributed by atoms with Gasteiger partial charge in [-0.25, -0.2) is 9.97 Å². The van der Waals surface area contributed by atoms with Gasteiger partial charge in [0.15, 0.2) is 0 Å². The molecule has 0 aliphatic heterocycles. The summed E-state index contributed by atoms with van der Waals surface area (Å²) in [6, 6.07) is 0. The van der Waals surface area contributed by atoms with Crippen molar-refractivity contribution in [1.82, 2.24) is 9.97 Å². The third kappa shape index (κ3) is 4.84. The molecule has 120 valence electrons. The maximum Gasteiger partial charge on any atom is 0.135 e. The number of anilines is 2. The summed E-state index contributed by atoms with van der Waals surface area (Å²) in [6.45, 7) is 11.8. The van der Waals surface area contributed by atoms with Gasteiger partial charge in [0.05, 0.1) is 5.60 Å². The van der Waals surface area contributed by atoms with Gasteiger partial charge < -0.3 is 15.7 Å². The molecule has 0 unspecified atom stereocenters. The van der Waals surface area contributed by atoms with E-state index in [-0.39, 0.29) is 0 Å². The Balaban J connectivity index is 2.95. The zero-order chi connectivity index (χ0) is 15.9. The molecule has 3 N–H and O–H groups in total. The van der Waals surface area contributed by atoms with Gasteiger partial charge in [0.25, 0.3) is 0 Å². The molecule has 0 radical (unpaired) electrons. The van der Waals surface area contributed by atoms with Gasteiger partial charge in [0, 0.05) is 18.7 Å². The van der Waals surface area contributed by atoms with Crippen LogP contribution in [0.5, 0.6) is 0 Å². The van der Waals surface area contributed by atoms with Crippen LogP contribution in [-0.2, 0) is 0 Å². The number of aromatic nitrogens is 2. The van der Waals surface area contributed by atoms with Crippen molar-refractivity contribution in [3.63, 3.8) is 0 Å². The molecular weight excluding hydrogens is 264 g/mol. The maximum atomic E-state index is 10.4. The van der Waals surface area contributed by atoms with Gasteiger partial charge in [-0.2, -0.15) is 0 Å². The molecular formula is C16H30N4O. The van der Waals surface area contributed by atoms with Gasteiger partial charge >= 0.3 is 0 Å². The van der Waals surface area contributed by atoms with Crippen molar-refractivity contribution in [3.8, 4) is 0 Å². The fourth-order valence-corrected chi connectivity index (χ4v) is 2.22. The molecule has 0 aromatic carbocycles. The minimum atomic E-state index is -0.684. The Hall–Kier alpha value is -1.36. The van der Waals surface area contributed by atoms with E-state index < -0.39 is 5.60 Å². The largest absolute Gasteiger partial charge is 0.388 e. The molecule has 1 aromatic rings. The Morgan fingerprint density at radius 3 is 2.14 bits per heavy atom. The number of hydrogen-bond acceptors (Lipinski definition) is 5. The summed E-state index contributed by atoms with van der Waals surface area (Å²) in [7, 11) is 0. The Kier molecular flexibility index (Phi) is 6.89. The van der Waals surface area contributed by atoms with Crippen LogP contribution in [0.3, 0.4) is 0 Å². The highest BCUT2D eigenvalue weighted by molar-refractivity contribution is 5.59. The third-order valence-corrected chi connectivity index (χ3v) is 3.90. The van der Waals surface area contributed by atoms with Crippen LogP contribution in [0.1, 0.15) is 65.4 Å². The zero-order valence-corrected chi connectivity index (χ0v) is 14.0. The van der Waals surface area contributed by atoms with Gasteiger partial charge in [-0.3, -0.25) is 0 Å². The second-order valence-electron chi connectivity index (χ2n) is 5.85. The van der Waals surface area contributed by atoms with E-state index in [4.69, 9.17) is 0 Å². The van der Waals surface area contributed by atoms with Crippen molar-refractivity contribution in [2.75, 3.05) is 23.7 Å². The molecule has 1 aromatic heterocycles. The molecule has 0 aliphatic rings. The predicted molar refractivity (Wildman–Crippen MR) is 88.9 cm³/mol. The average molecular weight is 294 g/mol.